The molecule has 0 saturated heterocycles. The second-order valence-corrected chi connectivity index (χ2v) is 6.74. The Morgan fingerprint density at radius 2 is 1.81 bits per heavy atom. The van der Waals surface area contributed by atoms with E-state index in [2.05, 4.69) is 15.3 Å². The number of nitrogens with zero attached hydrogens (tertiary/aromatic N) is 2. The third-order valence-electron chi connectivity index (χ3n) is 3.97. The van der Waals surface area contributed by atoms with Crippen LogP contribution in [0.15, 0.2) is 48.7 Å². The monoisotopic (exact) mass is 347 g/mol. The second-order valence-electron chi connectivity index (χ2n) is 6.74. The first-order chi connectivity index (χ1) is 12.4. The Bertz CT molecular complexity index is 980. The van der Waals surface area contributed by atoms with Crippen molar-refractivity contribution >= 4 is 28.4 Å². The first-order valence-electron chi connectivity index (χ1n) is 8.60. The van der Waals surface area contributed by atoms with Gasteiger partial charge in [-0.3, -0.25) is 9.59 Å². The number of benzene rings is 1. The van der Waals surface area contributed by atoms with Gasteiger partial charge in [0, 0.05) is 24.9 Å². The van der Waals surface area contributed by atoms with Crippen LogP contribution in [-0.4, -0.2) is 21.7 Å². The minimum absolute atomic E-state index is 0.0695. The maximum Gasteiger partial charge on any atom is 0.222 e. The van der Waals surface area contributed by atoms with Gasteiger partial charge in [-0.25, -0.2) is 9.97 Å². The number of hydrogen-bond donors (Lipinski definition) is 1. The Labute approximate surface area is 152 Å². The number of rotatable bonds is 5. The summed E-state index contributed by atoms with van der Waals surface area (Å²) in [5.74, 6) is 0.741. The molecular weight excluding hydrogens is 326 g/mol. The van der Waals surface area contributed by atoms with Gasteiger partial charge in [0.05, 0.1) is 5.52 Å². The molecular formula is C21H21N3O2. The molecule has 5 nitrogen and oxygen atoms in total. The van der Waals surface area contributed by atoms with E-state index in [1.54, 1.807) is 12.3 Å². The lowest BCUT2D eigenvalue weighted by Gasteiger charge is -2.08. The molecule has 0 radical (unpaired) electrons. The smallest absolute Gasteiger partial charge is 0.222 e. The van der Waals surface area contributed by atoms with Crippen LogP contribution in [-0.2, 0) is 4.79 Å². The van der Waals surface area contributed by atoms with Crippen molar-refractivity contribution in [1.29, 1.82) is 0 Å². The molecule has 0 aliphatic rings. The number of aromatic nitrogens is 2. The van der Waals surface area contributed by atoms with Crippen molar-refractivity contribution in [3.63, 3.8) is 0 Å². The summed E-state index contributed by atoms with van der Waals surface area (Å²) in [7, 11) is 0. The summed E-state index contributed by atoms with van der Waals surface area (Å²) in [6.07, 6.45) is 2.16. The van der Waals surface area contributed by atoms with Crippen LogP contribution in [0.4, 0.5) is 5.82 Å². The first kappa shape index (κ1) is 17.7. The van der Waals surface area contributed by atoms with E-state index in [-0.39, 0.29) is 11.7 Å². The van der Waals surface area contributed by atoms with Crippen molar-refractivity contribution in [2.75, 3.05) is 5.32 Å². The summed E-state index contributed by atoms with van der Waals surface area (Å²) in [5.41, 5.74) is 3.25. The van der Waals surface area contributed by atoms with Gasteiger partial charge in [-0.15, -0.1) is 0 Å². The van der Waals surface area contributed by atoms with E-state index in [9.17, 15) is 9.59 Å². The highest BCUT2D eigenvalue weighted by molar-refractivity contribution is 5.97. The Hall–Kier alpha value is -3.08. The van der Waals surface area contributed by atoms with Crippen molar-refractivity contribution in [3.8, 4) is 11.1 Å². The van der Waals surface area contributed by atoms with Crippen LogP contribution >= 0.6 is 0 Å². The van der Waals surface area contributed by atoms with Crippen molar-refractivity contribution < 1.29 is 9.59 Å². The van der Waals surface area contributed by atoms with Gasteiger partial charge in [0.2, 0.25) is 5.91 Å². The van der Waals surface area contributed by atoms with Crippen molar-refractivity contribution in [3.05, 3.63) is 54.4 Å². The molecule has 132 valence electrons. The van der Waals surface area contributed by atoms with Crippen molar-refractivity contribution in [2.45, 2.75) is 27.2 Å². The fourth-order valence-electron chi connectivity index (χ4n) is 2.79. The number of fused-ring (bicyclic) bond motifs is 1. The normalized spacial score (nSPS) is 10.9. The Morgan fingerprint density at radius 1 is 1.04 bits per heavy atom. The van der Waals surface area contributed by atoms with E-state index in [0.717, 1.165) is 22.0 Å². The standard InChI is InChI=1S/C21H21N3O2/c1-13(2)10-20(26)19-7-5-17-11-15(4-6-18(17)24-19)16-8-9-22-21(12-16)23-14(3)25/h4-9,11-13H,10H2,1-3H3,(H,22,23,25). The van der Waals surface area contributed by atoms with E-state index in [4.69, 9.17) is 0 Å². The summed E-state index contributed by atoms with van der Waals surface area (Å²) >= 11 is 0. The van der Waals surface area contributed by atoms with E-state index in [1.807, 2.05) is 50.2 Å². The zero-order chi connectivity index (χ0) is 18.7. The van der Waals surface area contributed by atoms with Gasteiger partial charge >= 0.3 is 0 Å². The fraction of sp³-hybridized carbons (Fsp3) is 0.238. The molecule has 0 fully saturated rings. The summed E-state index contributed by atoms with van der Waals surface area (Å²) in [6, 6.07) is 13.3. The summed E-state index contributed by atoms with van der Waals surface area (Å²) < 4.78 is 0. The van der Waals surface area contributed by atoms with Crippen LogP contribution in [0.1, 0.15) is 37.7 Å². The van der Waals surface area contributed by atoms with E-state index in [1.165, 1.54) is 6.92 Å². The molecule has 2 heterocycles. The third kappa shape index (κ3) is 4.11. The molecule has 1 N–H and O–H groups in total. The predicted octanol–water partition coefficient (Wildman–Crippen LogP) is 4.48. The average molecular weight is 347 g/mol. The maximum absolute atomic E-state index is 12.2. The minimum atomic E-state index is -0.157. The van der Waals surface area contributed by atoms with Gasteiger partial charge < -0.3 is 5.32 Å². The number of anilines is 1. The van der Waals surface area contributed by atoms with Crippen LogP contribution in [0, 0.1) is 5.92 Å². The molecule has 1 aromatic carbocycles. The number of nitrogens with one attached hydrogen (secondary N) is 1. The highest BCUT2D eigenvalue weighted by Gasteiger charge is 2.11. The topological polar surface area (TPSA) is 72.0 Å². The molecule has 0 aliphatic heterocycles. The molecule has 0 spiro atoms. The molecule has 3 rings (SSSR count). The lowest BCUT2D eigenvalue weighted by atomic mass is 10.0. The van der Waals surface area contributed by atoms with E-state index in [0.29, 0.717) is 23.9 Å². The molecule has 0 unspecified atom stereocenters. The van der Waals surface area contributed by atoms with Gasteiger partial charge in [-0.05, 0) is 47.4 Å². The largest absolute Gasteiger partial charge is 0.311 e. The Balaban J connectivity index is 1.93. The average Bonchev–Trinajstić information content (AvgIpc) is 2.60. The van der Waals surface area contributed by atoms with Gasteiger partial charge in [-0.2, -0.15) is 0 Å². The summed E-state index contributed by atoms with van der Waals surface area (Å²) in [6.45, 7) is 5.50. The molecule has 3 aromatic rings. The number of Topliss-reactive ketones (excluding diaryl/α,β-unsaturated/α-hetero) is 1. The van der Waals surface area contributed by atoms with Crippen LogP contribution in [0.3, 0.4) is 0 Å². The number of hydrogen-bond acceptors (Lipinski definition) is 4. The lowest BCUT2D eigenvalue weighted by molar-refractivity contribution is -0.114. The quantitative estimate of drug-likeness (QED) is 0.691. The highest BCUT2D eigenvalue weighted by atomic mass is 16.1. The molecule has 0 aliphatic carbocycles. The maximum atomic E-state index is 12.2. The minimum Gasteiger partial charge on any atom is -0.311 e. The lowest BCUT2D eigenvalue weighted by Crippen LogP contribution is -2.07. The Morgan fingerprint density at radius 3 is 2.54 bits per heavy atom. The number of carbonyl (C=O) groups excluding carboxylic acids is 2. The van der Waals surface area contributed by atoms with Gasteiger partial charge in [0.1, 0.15) is 11.5 Å². The van der Waals surface area contributed by atoms with Crippen LogP contribution in [0.25, 0.3) is 22.0 Å². The van der Waals surface area contributed by atoms with E-state index >= 15 is 0 Å². The zero-order valence-corrected chi connectivity index (χ0v) is 15.1. The van der Waals surface area contributed by atoms with Crippen LogP contribution in [0.5, 0.6) is 0 Å². The van der Waals surface area contributed by atoms with Gasteiger partial charge in [0.15, 0.2) is 5.78 Å². The number of carbonyl (C=O) groups is 2. The highest BCUT2D eigenvalue weighted by Crippen LogP contribution is 2.25. The molecule has 1 amide bonds. The van der Waals surface area contributed by atoms with E-state index < -0.39 is 0 Å². The molecule has 5 heteroatoms. The second kappa shape index (κ2) is 7.44. The molecule has 2 aromatic heterocycles. The Kier molecular flexibility index (Phi) is 5.07. The predicted molar refractivity (Wildman–Crippen MR) is 103 cm³/mol. The zero-order valence-electron chi connectivity index (χ0n) is 15.1. The van der Waals surface area contributed by atoms with Crippen LogP contribution < -0.4 is 5.32 Å². The third-order valence-corrected chi connectivity index (χ3v) is 3.97. The van der Waals surface area contributed by atoms with Crippen molar-refractivity contribution in [1.82, 2.24) is 9.97 Å². The number of amides is 1. The number of pyridine rings is 2. The van der Waals surface area contributed by atoms with Crippen molar-refractivity contribution in [2.24, 2.45) is 5.92 Å². The molecule has 0 saturated carbocycles. The molecule has 0 atom stereocenters. The molecule has 0 bridgehead atoms. The SMILES string of the molecule is CC(=O)Nc1cc(-c2ccc3nc(C(=O)CC(C)C)ccc3c2)ccn1. The summed E-state index contributed by atoms with van der Waals surface area (Å²) in [4.78, 5) is 32.1. The first-order valence-corrected chi connectivity index (χ1v) is 8.60. The van der Waals surface area contributed by atoms with Gasteiger partial charge in [-0.1, -0.05) is 26.0 Å². The fourth-order valence-corrected chi connectivity index (χ4v) is 2.79. The van der Waals surface area contributed by atoms with Gasteiger partial charge in [0.25, 0.3) is 0 Å². The summed E-state index contributed by atoms with van der Waals surface area (Å²) in [5, 5.41) is 3.65. The van der Waals surface area contributed by atoms with Crippen LogP contribution in [0.2, 0.25) is 0 Å². The number of ketones is 1. The molecule has 26 heavy (non-hydrogen) atoms.